The molecule has 3 heterocycles. The predicted octanol–water partition coefficient (Wildman–Crippen LogP) is 2.84. The third-order valence-corrected chi connectivity index (χ3v) is 6.29. The molecule has 3 atom stereocenters. The standard InChI is InChI=1S/C23H25FN4O4/c1-23(17-11-30-12-20(17)32-22(25)28-23)16-8-14(4-6-18(16)24)27-21(29)19-7-5-15(9-26-19)31-10-13-2-3-13/h4-9,13,17,20H,2-3,10-12H2,1H3,(H2,25,28)(H,27,29). The Morgan fingerprint density at radius 2 is 2.16 bits per heavy atom. The average molecular weight is 440 g/mol. The summed E-state index contributed by atoms with van der Waals surface area (Å²) >= 11 is 0. The van der Waals surface area contributed by atoms with Gasteiger partial charge in [-0.05, 0) is 56.0 Å². The SMILES string of the molecule is CC1(c2cc(NC(=O)c3ccc(OCC4CC4)cn3)ccc2F)N=C(N)OC2COCC21. The van der Waals surface area contributed by atoms with Gasteiger partial charge in [-0.1, -0.05) is 0 Å². The van der Waals surface area contributed by atoms with E-state index in [2.05, 4.69) is 15.3 Å². The lowest BCUT2D eigenvalue weighted by molar-refractivity contribution is 0.0817. The summed E-state index contributed by atoms with van der Waals surface area (Å²) in [6.45, 7) is 3.24. The zero-order chi connectivity index (χ0) is 22.3. The van der Waals surface area contributed by atoms with Crippen molar-refractivity contribution >= 4 is 17.6 Å². The first-order valence-electron chi connectivity index (χ1n) is 10.7. The molecule has 0 bridgehead atoms. The smallest absolute Gasteiger partial charge is 0.283 e. The topological polar surface area (TPSA) is 108 Å². The Bertz CT molecular complexity index is 1060. The van der Waals surface area contributed by atoms with Gasteiger partial charge in [0.2, 0.25) is 0 Å². The monoisotopic (exact) mass is 440 g/mol. The Labute approximate surface area is 185 Å². The molecule has 2 aromatic rings. The number of carbonyl (C=O) groups excluding carboxylic acids is 1. The summed E-state index contributed by atoms with van der Waals surface area (Å²) in [5.41, 5.74) is 5.87. The Kier molecular flexibility index (Phi) is 5.21. The van der Waals surface area contributed by atoms with Gasteiger partial charge in [-0.25, -0.2) is 14.4 Å². The Balaban J connectivity index is 1.34. The maximum Gasteiger partial charge on any atom is 0.283 e. The highest BCUT2D eigenvalue weighted by atomic mass is 19.1. The fourth-order valence-corrected chi connectivity index (χ4v) is 4.21. The normalized spacial score (nSPS) is 26.6. The molecule has 9 heteroatoms. The molecule has 3 N–H and O–H groups in total. The molecule has 8 nitrogen and oxygen atoms in total. The zero-order valence-electron chi connectivity index (χ0n) is 17.7. The lowest BCUT2D eigenvalue weighted by atomic mass is 9.77. The molecule has 32 heavy (non-hydrogen) atoms. The van der Waals surface area contributed by atoms with E-state index in [1.807, 2.05) is 0 Å². The molecule has 1 aromatic carbocycles. The molecule has 1 aliphatic carbocycles. The molecule has 2 aliphatic heterocycles. The molecule has 1 aromatic heterocycles. The first-order valence-corrected chi connectivity index (χ1v) is 10.7. The van der Waals surface area contributed by atoms with Crippen LogP contribution in [0.5, 0.6) is 5.75 Å². The van der Waals surface area contributed by atoms with Crippen LogP contribution in [0.2, 0.25) is 0 Å². The number of anilines is 1. The van der Waals surface area contributed by atoms with Crippen LogP contribution in [0.25, 0.3) is 0 Å². The first kappa shape index (κ1) is 20.7. The van der Waals surface area contributed by atoms with Crippen LogP contribution in [0.15, 0.2) is 41.5 Å². The number of rotatable bonds is 6. The van der Waals surface area contributed by atoms with Crippen LogP contribution >= 0.6 is 0 Å². The van der Waals surface area contributed by atoms with Gasteiger partial charge in [0.25, 0.3) is 11.9 Å². The van der Waals surface area contributed by atoms with Gasteiger partial charge < -0.3 is 25.3 Å². The van der Waals surface area contributed by atoms with Crippen LogP contribution in [0.1, 0.15) is 35.8 Å². The van der Waals surface area contributed by atoms with Crippen LogP contribution in [0, 0.1) is 17.7 Å². The number of carbonyl (C=O) groups is 1. The summed E-state index contributed by atoms with van der Waals surface area (Å²) in [5.74, 6) is 0.228. The number of amidine groups is 1. The minimum Gasteiger partial charge on any atom is -0.492 e. The molecule has 0 radical (unpaired) electrons. The molecule has 3 aliphatic rings. The molecule has 1 amide bonds. The molecule has 2 fully saturated rings. The number of hydrogen-bond acceptors (Lipinski definition) is 7. The maximum absolute atomic E-state index is 14.9. The van der Waals surface area contributed by atoms with Gasteiger partial charge >= 0.3 is 0 Å². The van der Waals surface area contributed by atoms with Gasteiger partial charge in [-0.15, -0.1) is 0 Å². The first-order chi connectivity index (χ1) is 15.4. The number of aliphatic imine (C=N–C) groups is 1. The molecule has 168 valence electrons. The van der Waals surface area contributed by atoms with E-state index in [1.165, 1.54) is 31.2 Å². The van der Waals surface area contributed by atoms with E-state index in [9.17, 15) is 9.18 Å². The summed E-state index contributed by atoms with van der Waals surface area (Å²) in [7, 11) is 0. The summed E-state index contributed by atoms with van der Waals surface area (Å²) in [6.07, 6.45) is 3.64. The summed E-state index contributed by atoms with van der Waals surface area (Å²) < 4.78 is 31.6. The van der Waals surface area contributed by atoms with E-state index in [0.29, 0.717) is 42.7 Å². The van der Waals surface area contributed by atoms with Crippen molar-refractivity contribution in [3.8, 4) is 5.75 Å². The van der Waals surface area contributed by atoms with E-state index in [4.69, 9.17) is 19.9 Å². The zero-order valence-corrected chi connectivity index (χ0v) is 17.7. The highest BCUT2D eigenvalue weighted by Gasteiger charge is 2.50. The Morgan fingerprint density at radius 3 is 2.91 bits per heavy atom. The molecule has 1 saturated heterocycles. The summed E-state index contributed by atoms with van der Waals surface area (Å²) in [6, 6.07) is 7.72. The fraction of sp³-hybridized carbons (Fsp3) is 0.435. The largest absolute Gasteiger partial charge is 0.492 e. The number of nitrogens with zero attached hydrogens (tertiary/aromatic N) is 2. The third kappa shape index (κ3) is 4.00. The van der Waals surface area contributed by atoms with Crippen molar-refractivity contribution in [2.24, 2.45) is 22.6 Å². The second-order valence-electron chi connectivity index (χ2n) is 8.68. The molecule has 3 unspecified atom stereocenters. The highest BCUT2D eigenvalue weighted by Crippen LogP contribution is 2.43. The Morgan fingerprint density at radius 1 is 1.31 bits per heavy atom. The lowest BCUT2D eigenvalue weighted by Gasteiger charge is -2.38. The number of halogens is 1. The number of hydrogen-bond donors (Lipinski definition) is 2. The molecular weight excluding hydrogens is 415 g/mol. The van der Waals surface area contributed by atoms with Crippen molar-refractivity contribution in [3.63, 3.8) is 0 Å². The number of amides is 1. The number of aromatic nitrogens is 1. The van der Waals surface area contributed by atoms with Crippen molar-refractivity contribution in [3.05, 3.63) is 53.6 Å². The maximum atomic E-state index is 14.9. The van der Waals surface area contributed by atoms with Crippen LogP contribution in [-0.4, -0.2) is 42.8 Å². The summed E-state index contributed by atoms with van der Waals surface area (Å²) in [5, 5.41) is 2.78. The number of fused-ring (bicyclic) bond motifs is 1. The van der Waals surface area contributed by atoms with Gasteiger partial charge in [-0.2, -0.15) is 0 Å². The van der Waals surface area contributed by atoms with Gasteiger partial charge in [0.15, 0.2) is 0 Å². The van der Waals surface area contributed by atoms with Crippen molar-refractivity contribution in [2.45, 2.75) is 31.4 Å². The number of pyridine rings is 1. The second-order valence-corrected chi connectivity index (χ2v) is 8.68. The van der Waals surface area contributed by atoms with E-state index in [0.717, 1.165) is 0 Å². The van der Waals surface area contributed by atoms with Crippen molar-refractivity contribution < 1.29 is 23.4 Å². The van der Waals surface area contributed by atoms with Crippen LogP contribution < -0.4 is 15.8 Å². The minimum atomic E-state index is -0.979. The molecule has 1 saturated carbocycles. The molecule has 5 rings (SSSR count). The van der Waals surface area contributed by atoms with Gasteiger partial charge in [-0.3, -0.25) is 4.79 Å². The van der Waals surface area contributed by atoms with E-state index in [-0.39, 0.29) is 23.7 Å². The molecule has 0 spiro atoms. The van der Waals surface area contributed by atoms with E-state index < -0.39 is 17.3 Å². The lowest BCUT2D eigenvalue weighted by Crippen LogP contribution is -2.47. The van der Waals surface area contributed by atoms with Crippen molar-refractivity contribution in [1.29, 1.82) is 0 Å². The van der Waals surface area contributed by atoms with Gasteiger partial charge in [0, 0.05) is 11.3 Å². The number of nitrogens with two attached hydrogens (primary N) is 1. The average Bonchev–Trinajstić information content (AvgIpc) is 3.49. The minimum absolute atomic E-state index is 0.00119. The van der Waals surface area contributed by atoms with Crippen LogP contribution in [0.4, 0.5) is 10.1 Å². The fourth-order valence-electron chi connectivity index (χ4n) is 4.21. The van der Waals surface area contributed by atoms with E-state index in [1.54, 1.807) is 25.1 Å². The number of ether oxygens (including phenoxy) is 3. The highest BCUT2D eigenvalue weighted by molar-refractivity contribution is 6.02. The van der Waals surface area contributed by atoms with Crippen LogP contribution in [0.3, 0.4) is 0 Å². The second kappa shape index (κ2) is 8.05. The van der Waals surface area contributed by atoms with Crippen LogP contribution in [-0.2, 0) is 15.0 Å². The van der Waals surface area contributed by atoms with Crippen molar-refractivity contribution in [2.75, 3.05) is 25.1 Å². The number of nitrogens with one attached hydrogen (secondary N) is 1. The predicted molar refractivity (Wildman–Crippen MR) is 115 cm³/mol. The summed E-state index contributed by atoms with van der Waals surface area (Å²) in [4.78, 5) is 21.3. The van der Waals surface area contributed by atoms with Gasteiger partial charge in [0.05, 0.1) is 37.5 Å². The van der Waals surface area contributed by atoms with Crippen molar-refractivity contribution in [1.82, 2.24) is 4.98 Å². The third-order valence-electron chi connectivity index (χ3n) is 6.29. The molecular formula is C23H25FN4O4. The number of benzene rings is 1. The van der Waals surface area contributed by atoms with Gasteiger partial charge in [0.1, 0.15) is 23.4 Å². The Hall–Kier alpha value is -3.20. The quantitative estimate of drug-likeness (QED) is 0.715. The van der Waals surface area contributed by atoms with E-state index >= 15 is 0 Å².